The maximum Gasteiger partial charge on any atom is 0.208 e. The number of likely N-dealkylation sites (tertiary alicyclic amines) is 1. The standard InChI is InChI=1S/C14H21FN2O2S/c1-11(12-3-5-13(15)6-4-12)17-9-7-14(8-10-17)16-20(2,18)19/h3-6,11,14,16H,7-10H2,1-2H3/t11-/m1/s1. The molecule has 0 unspecified atom stereocenters. The second kappa shape index (κ2) is 6.20. The molecule has 2 rings (SSSR count). The van der Waals surface area contributed by atoms with E-state index in [1.54, 1.807) is 12.1 Å². The predicted octanol–water partition coefficient (Wildman–Crippen LogP) is 1.90. The van der Waals surface area contributed by atoms with E-state index in [0.717, 1.165) is 31.5 Å². The third-order valence-electron chi connectivity index (χ3n) is 3.81. The van der Waals surface area contributed by atoms with Crippen LogP contribution in [-0.2, 0) is 10.0 Å². The number of halogens is 1. The molecular formula is C14H21FN2O2S. The van der Waals surface area contributed by atoms with Crippen LogP contribution in [0.15, 0.2) is 24.3 Å². The zero-order chi connectivity index (χ0) is 14.8. The Kier molecular flexibility index (Phi) is 4.78. The van der Waals surface area contributed by atoms with Gasteiger partial charge in [-0.2, -0.15) is 0 Å². The second-order valence-electron chi connectivity index (χ2n) is 5.43. The minimum Gasteiger partial charge on any atom is -0.296 e. The first-order valence-electron chi connectivity index (χ1n) is 6.82. The molecule has 0 aliphatic carbocycles. The van der Waals surface area contributed by atoms with Crippen molar-refractivity contribution in [2.45, 2.75) is 31.8 Å². The van der Waals surface area contributed by atoms with Gasteiger partial charge in [0.05, 0.1) is 6.26 Å². The van der Waals surface area contributed by atoms with Gasteiger partial charge < -0.3 is 0 Å². The van der Waals surface area contributed by atoms with Crippen LogP contribution in [0.5, 0.6) is 0 Å². The summed E-state index contributed by atoms with van der Waals surface area (Å²) >= 11 is 0. The van der Waals surface area contributed by atoms with Crippen LogP contribution in [0.2, 0.25) is 0 Å². The van der Waals surface area contributed by atoms with Gasteiger partial charge in [-0.05, 0) is 37.5 Å². The maximum absolute atomic E-state index is 12.9. The Labute approximate surface area is 120 Å². The second-order valence-corrected chi connectivity index (χ2v) is 7.21. The third kappa shape index (κ3) is 4.26. The minimum atomic E-state index is -3.13. The van der Waals surface area contributed by atoms with Gasteiger partial charge in [-0.25, -0.2) is 17.5 Å². The molecule has 112 valence electrons. The summed E-state index contributed by atoms with van der Waals surface area (Å²) in [5, 5.41) is 0. The Morgan fingerprint density at radius 1 is 1.25 bits per heavy atom. The van der Waals surface area contributed by atoms with Gasteiger partial charge in [-0.3, -0.25) is 4.90 Å². The number of hydrogen-bond donors (Lipinski definition) is 1. The minimum absolute atomic E-state index is 0.0293. The Morgan fingerprint density at radius 2 is 1.80 bits per heavy atom. The summed E-state index contributed by atoms with van der Waals surface area (Å²) < 4.78 is 38.0. The van der Waals surface area contributed by atoms with E-state index in [9.17, 15) is 12.8 Å². The van der Waals surface area contributed by atoms with Crippen LogP contribution >= 0.6 is 0 Å². The predicted molar refractivity (Wildman–Crippen MR) is 77.4 cm³/mol. The third-order valence-corrected chi connectivity index (χ3v) is 4.57. The molecule has 1 aliphatic heterocycles. The van der Waals surface area contributed by atoms with Crippen molar-refractivity contribution in [3.8, 4) is 0 Å². The lowest BCUT2D eigenvalue weighted by Gasteiger charge is -2.36. The van der Waals surface area contributed by atoms with Crippen LogP contribution < -0.4 is 4.72 Å². The van der Waals surface area contributed by atoms with Gasteiger partial charge in [0.1, 0.15) is 5.82 Å². The maximum atomic E-state index is 12.9. The summed E-state index contributed by atoms with van der Waals surface area (Å²) in [5.74, 6) is -0.225. The van der Waals surface area contributed by atoms with Gasteiger partial charge in [0, 0.05) is 25.2 Å². The normalized spacial score (nSPS) is 19.9. The lowest BCUT2D eigenvalue weighted by atomic mass is 10.0. The van der Waals surface area contributed by atoms with E-state index in [1.165, 1.54) is 18.4 Å². The van der Waals surface area contributed by atoms with Gasteiger partial charge in [0.2, 0.25) is 10.0 Å². The molecule has 1 aromatic rings. The molecule has 6 heteroatoms. The molecule has 1 saturated heterocycles. The molecule has 0 aromatic heterocycles. The van der Waals surface area contributed by atoms with Crippen molar-refractivity contribution in [1.82, 2.24) is 9.62 Å². The zero-order valence-electron chi connectivity index (χ0n) is 11.8. The summed E-state index contributed by atoms with van der Waals surface area (Å²) in [7, 11) is -3.13. The monoisotopic (exact) mass is 300 g/mol. The van der Waals surface area contributed by atoms with E-state index in [1.807, 2.05) is 0 Å². The largest absolute Gasteiger partial charge is 0.296 e. The van der Waals surface area contributed by atoms with Crippen molar-refractivity contribution < 1.29 is 12.8 Å². The van der Waals surface area contributed by atoms with Crippen molar-refractivity contribution in [3.63, 3.8) is 0 Å². The summed E-state index contributed by atoms with van der Waals surface area (Å²) in [6.07, 6.45) is 2.80. The van der Waals surface area contributed by atoms with Crippen LogP contribution in [0.4, 0.5) is 4.39 Å². The summed E-state index contributed by atoms with van der Waals surface area (Å²) in [4.78, 5) is 2.30. The molecule has 20 heavy (non-hydrogen) atoms. The quantitative estimate of drug-likeness (QED) is 0.924. The summed E-state index contributed by atoms with van der Waals surface area (Å²) in [6, 6.07) is 6.81. The number of piperidine rings is 1. The average molecular weight is 300 g/mol. The lowest BCUT2D eigenvalue weighted by Crippen LogP contribution is -2.44. The van der Waals surface area contributed by atoms with E-state index >= 15 is 0 Å². The molecule has 0 spiro atoms. The van der Waals surface area contributed by atoms with Gasteiger partial charge in [0.25, 0.3) is 0 Å². The topological polar surface area (TPSA) is 49.4 Å². The van der Waals surface area contributed by atoms with E-state index in [4.69, 9.17) is 0 Å². The van der Waals surface area contributed by atoms with Crippen LogP contribution in [-0.4, -0.2) is 38.7 Å². The highest BCUT2D eigenvalue weighted by Crippen LogP contribution is 2.24. The van der Waals surface area contributed by atoms with E-state index in [2.05, 4.69) is 16.5 Å². The van der Waals surface area contributed by atoms with E-state index in [0.29, 0.717) is 0 Å². The first-order chi connectivity index (χ1) is 9.35. The summed E-state index contributed by atoms with van der Waals surface area (Å²) in [5.41, 5.74) is 1.08. The number of nitrogens with one attached hydrogen (secondary N) is 1. The molecule has 1 aliphatic rings. The number of nitrogens with zero attached hydrogens (tertiary/aromatic N) is 1. The van der Waals surface area contributed by atoms with Crippen LogP contribution in [0.1, 0.15) is 31.4 Å². The van der Waals surface area contributed by atoms with Crippen LogP contribution in [0, 0.1) is 5.82 Å². The SMILES string of the molecule is C[C@H](c1ccc(F)cc1)N1CCC(NS(C)(=O)=O)CC1. The van der Waals surface area contributed by atoms with Gasteiger partial charge in [-0.15, -0.1) is 0 Å². The van der Waals surface area contributed by atoms with Gasteiger partial charge in [0.15, 0.2) is 0 Å². The number of sulfonamides is 1. The fourth-order valence-corrected chi connectivity index (χ4v) is 3.50. The molecule has 0 radical (unpaired) electrons. The Hall–Kier alpha value is -0.980. The molecule has 1 N–H and O–H groups in total. The Balaban J connectivity index is 1.91. The fraction of sp³-hybridized carbons (Fsp3) is 0.571. The molecule has 0 saturated carbocycles. The first kappa shape index (κ1) is 15.4. The number of benzene rings is 1. The van der Waals surface area contributed by atoms with Gasteiger partial charge in [-0.1, -0.05) is 12.1 Å². The fourth-order valence-electron chi connectivity index (χ4n) is 2.66. The van der Waals surface area contributed by atoms with Gasteiger partial charge >= 0.3 is 0 Å². The highest BCUT2D eigenvalue weighted by atomic mass is 32.2. The molecule has 1 heterocycles. The zero-order valence-corrected chi connectivity index (χ0v) is 12.7. The molecule has 0 amide bonds. The van der Waals surface area contributed by atoms with Crippen LogP contribution in [0.25, 0.3) is 0 Å². The van der Waals surface area contributed by atoms with Crippen molar-refractivity contribution >= 4 is 10.0 Å². The smallest absolute Gasteiger partial charge is 0.208 e. The number of hydrogen-bond acceptors (Lipinski definition) is 3. The highest BCUT2D eigenvalue weighted by Gasteiger charge is 2.25. The highest BCUT2D eigenvalue weighted by molar-refractivity contribution is 7.88. The molecule has 1 atom stereocenters. The Morgan fingerprint density at radius 3 is 2.30 bits per heavy atom. The van der Waals surface area contributed by atoms with Crippen molar-refractivity contribution in [2.75, 3.05) is 19.3 Å². The van der Waals surface area contributed by atoms with Crippen molar-refractivity contribution in [1.29, 1.82) is 0 Å². The number of rotatable bonds is 4. The average Bonchev–Trinajstić information content (AvgIpc) is 2.38. The van der Waals surface area contributed by atoms with Crippen molar-refractivity contribution in [2.24, 2.45) is 0 Å². The molecular weight excluding hydrogens is 279 g/mol. The molecule has 0 bridgehead atoms. The van der Waals surface area contributed by atoms with E-state index < -0.39 is 10.0 Å². The first-order valence-corrected chi connectivity index (χ1v) is 8.71. The summed E-state index contributed by atoms with van der Waals surface area (Å²) in [6.45, 7) is 3.77. The van der Waals surface area contributed by atoms with Crippen LogP contribution in [0.3, 0.4) is 0 Å². The molecule has 1 fully saturated rings. The Bertz CT molecular complexity index is 537. The van der Waals surface area contributed by atoms with Crippen molar-refractivity contribution in [3.05, 3.63) is 35.6 Å². The molecule has 4 nitrogen and oxygen atoms in total. The molecule has 1 aromatic carbocycles. The van der Waals surface area contributed by atoms with E-state index in [-0.39, 0.29) is 17.9 Å². The lowest BCUT2D eigenvalue weighted by molar-refractivity contribution is 0.159.